The Morgan fingerprint density at radius 1 is 1.23 bits per heavy atom. The number of carbonyl (C=O) groups is 2. The minimum atomic E-state index is -0.659. The maximum Gasteiger partial charge on any atom is 0.326 e. The van der Waals surface area contributed by atoms with E-state index in [4.69, 9.17) is 21.3 Å². The van der Waals surface area contributed by atoms with Crippen LogP contribution in [0.5, 0.6) is 5.75 Å². The number of nitro groups is 1. The summed E-state index contributed by atoms with van der Waals surface area (Å²) in [7, 11) is 1.84. The number of amides is 3. The molecule has 0 bridgehead atoms. The molecule has 13 heteroatoms. The van der Waals surface area contributed by atoms with Crippen LogP contribution in [-0.2, 0) is 11.8 Å². The molecule has 0 unspecified atom stereocenters. The van der Waals surface area contributed by atoms with Gasteiger partial charge in [-0.1, -0.05) is 23.7 Å². The summed E-state index contributed by atoms with van der Waals surface area (Å²) in [6, 6.07) is 9.62. The minimum Gasteiger partial charge on any atom is -0.490 e. The molecule has 2 aliphatic rings. The molecule has 0 saturated carbocycles. The number of hydrogen-bond acceptors (Lipinski definition) is 7. The maximum atomic E-state index is 14.3. The maximum absolute atomic E-state index is 14.3. The number of halogens is 1. The lowest BCUT2D eigenvalue weighted by molar-refractivity contribution is -0.384. The summed E-state index contributed by atoms with van der Waals surface area (Å²) in [5, 5.41) is 14.9. The van der Waals surface area contributed by atoms with Crippen LogP contribution >= 0.6 is 11.6 Å². The van der Waals surface area contributed by atoms with E-state index in [1.807, 2.05) is 37.6 Å². The van der Waals surface area contributed by atoms with Crippen LogP contribution in [0.4, 0.5) is 10.5 Å². The third-order valence-corrected chi connectivity index (χ3v) is 6.95. The van der Waals surface area contributed by atoms with Crippen molar-refractivity contribution in [1.29, 1.82) is 0 Å². The molecule has 12 nitrogen and oxygen atoms in total. The molecule has 1 fully saturated rings. The lowest BCUT2D eigenvalue weighted by atomic mass is 9.98. The summed E-state index contributed by atoms with van der Waals surface area (Å²) in [4.78, 5) is 50.2. The van der Waals surface area contributed by atoms with Gasteiger partial charge in [0, 0.05) is 43.6 Å². The van der Waals surface area contributed by atoms with Crippen molar-refractivity contribution in [2.75, 3.05) is 19.6 Å². The number of nitrogens with one attached hydrogen (secondary N) is 1. The van der Waals surface area contributed by atoms with Crippen LogP contribution < -0.4 is 10.1 Å². The average Bonchev–Trinajstić information content (AvgIpc) is 3.51. The molecular weight excluding hydrogens is 538 g/mol. The Labute approximate surface area is 235 Å². The SMILES string of the molecule is CC(C)Oc1cc([N+](=O)[O-])ccc1C1=N[C@@H](c2nccn2C)[C@@H](c2ccc(Cl)cc2)N1C(=O)N1CCNC(=O)C1. The van der Waals surface area contributed by atoms with Gasteiger partial charge in [-0.05, 0) is 37.6 Å². The highest BCUT2D eigenvalue weighted by molar-refractivity contribution is 6.30. The van der Waals surface area contributed by atoms with Gasteiger partial charge in [0.2, 0.25) is 5.91 Å². The monoisotopic (exact) mass is 565 g/mol. The second-order valence-corrected chi connectivity index (χ2v) is 10.3. The molecule has 1 saturated heterocycles. The van der Waals surface area contributed by atoms with E-state index in [0.29, 0.717) is 29.5 Å². The van der Waals surface area contributed by atoms with E-state index in [2.05, 4.69) is 10.3 Å². The molecule has 0 aliphatic carbocycles. The molecule has 3 heterocycles. The van der Waals surface area contributed by atoms with Crippen LogP contribution in [0.1, 0.15) is 42.9 Å². The average molecular weight is 566 g/mol. The first kappa shape index (κ1) is 27.1. The number of benzene rings is 2. The second kappa shape index (κ2) is 11.0. The van der Waals surface area contributed by atoms with Gasteiger partial charge < -0.3 is 19.5 Å². The van der Waals surface area contributed by atoms with E-state index in [0.717, 1.165) is 5.56 Å². The Morgan fingerprint density at radius 3 is 2.60 bits per heavy atom. The lowest BCUT2D eigenvalue weighted by Gasteiger charge is -2.35. The Kier molecular flexibility index (Phi) is 7.44. The number of urea groups is 1. The predicted molar refractivity (Wildman–Crippen MR) is 147 cm³/mol. The van der Waals surface area contributed by atoms with Gasteiger partial charge >= 0.3 is 6.03 Å². The molecular formula is C27H28ClN7O5. The summed E-state index contributed by atoms with van der Waals surface area (Å²) in [6.07, 6.45) is 3.14. The van der Waals surface area contributed by atoms with E-state index in [1.54, 1.807) is 24.5 Å². The summed E-state index contributed by atoms with van der Waals surface area (Å²) in [5.74, 6) is 0.819. The highest BCUT2D eigenvalue weighted by Gasteiger charge is 2.46. The minimum absolute atomic E-state index is 0.112. The molecule has 0 radical (unpaired) electrons. The first-order valence-corrected chi connectivity index (χ1v) is 13.1. The van der Waals surface area contributed by atoms with Crippen molar-refractivity contribution in [1.82, 2.24) is 24.7 Å². The molecule has 2 aliphatic heterocycles. The fraction of sp³-hybridized carbons (Fsp3) is 0.333. The van der Waals surface area contributed by atoms with Crippen LogP contribution in [-0.4, -0.2) is 67.8 Å². The van der Waals surface area contributed by atoms with Gasteiger partial charge in [0.05, 0.1) is 28.7 Å². The van der Waals surface area contributed by atoms with Crippen LogP contribution in [0.25, 0.3) is 0 Å². The molecule has 208 valence electrons. The van der Waals surface area contributed by atoms with Gasteiger partial charge in [-0.15, -0.1) is 0 Å². The number of aryl methyl sites for hydroxylation is 1. The molecule has 1 N–H and O–H groups in total. The first-order valence-electron chi connectivity index (χ1n) is 12.7. The van der Waals surface area contributed by atoms with Crippen LogP contribution in [0.3, 0.4) is 0 Å². The van der Waals surface area contributed by atoms with Crippen molar-refractivity contribution in [3.05, 3.63) is 86.9 Å². The van der Waals surface area contributed by atoms with Crippen molar-refractivity contribution >= 4 is 35.1 Å². The smallest absolute Gasteiger partial charge is 0.326 e. The molecule has 1 aromatic heterocycles. The van der Waals surface area contributed by atoms with Crippen molar-refractivity contribution in [2.24, 2.45) is 12.0 Å². The molecule has 0 spiro atoms. The molecule has 3 aromatic rings. The van der Waals surface area contributed by atoms with E-state index < -0.39 is 23.0 Å². The zero-order valence-electron chi connectivity index (χ0n) is 22.2. The Hall–Kier alpha value is -4.45. The van der Waals surface area contributed by atoms with Gasteiger partial charge in [0.1, 0.15) is 30.0 Å². The van der Waals surface area contributed by atoms with Crippen LogP contribution in [0, 0.1) is 10.1 Å². The van der Waals surface area contributed by atoms with E-state index >= 15 is 0 Å². The number of imidazole rings is 1. The van der Waals surface area contributed by atoms with Gasteiger partial charge in [-0.25, -0.2) is 9.78 Å². The third-order valence-electron chi connectivity index (χ3n) is 6.70. The largest absolute Gasteiger partial charge is 0.490 e. The molecule has 2 atom stereocenters. The Balaban J connectivity index is 1.72. The summed E-state index contributed by atoms with van der Waals surface area (Å²) in [5.41, 5.74) is 1.00. The number of rotatable bonds is 6. The van der Waals surface area contributed by atoms with Crippen LogP contribution in [0.15, 0.2) is 59.9 Å². The zero-order chi connectivity index (χ0) is 28.6. The van der Waals surface area contributed by atoms with Crippen molar-refractivity contribution in [3.8, 4) is 5.75 Å². The zero-order valence-corrected chi connectivity index (χ0v) is 22.9. The number of non-ortho nitro benzene ring substituents is 1. The molecule has 40 heavy (non-hydrogen) atoms. The van der Waals surface area contributed by atoms with Gasteiger partial charge in [-0.2, -0.15) is 0 Å². The number of amidine groups is 1. The lowest BCUT2D eigenvalue weighted by Crippen LogP contribution is -2.55. The van der Waals surface area contributed by atoms with Crippen molar-refractivity contribution < 1.29 is 19.2 Å². The number of carbonyl (C=O) groups excluding carboxylic acids is 2. The molecule has 5 rings (SSSR count). The topological polar surface area (TPSA) is 135 Å². The summed E-state index contributed by atoms with van der Waals surface area (Å²) in [6.45, 7) is 4.13. The van der Waals surface area contributed by atoms with E-state index in [-0.39, 0.29) is 35.8 Å². The predicted octanol–water partition coefficient (Wildman–Crippen LogP) is 3.87. The number of aromatic nitrogens is 2. The fourth-order valence-corrected chi connectivity index (χ4v) is 5.04. The number of ether oxygens (including phenoxy) is 1. The number of aliphatic imine (C=N–C) groups is 1. The Bertz CT molecular complexity index is 1490. The second-order valence-electron chi connectivity index (χ2n) is 9.82. The van der Waals surface area contributed by atoms with Gasteiger partial charge in [-0.3, -0.25) is 24.8 Å². The van der Waals surface area contributed by atoms with Gasteiger partial charge in [0.15, 0.2) is 0 Å². The number of hydrogen-bond donors (Lipinski definition) is 1. The highest BCUT2D eigenvalue weighted by atomic mass is 35.5. The van der Waals surface area contributed by atoms with E-state index in [1.165, 1.54) is 28.0 Å². The highest BCUT2D eigenvalue weighted by Crippen LogP contribution is 2.45. The van der Waals surface area contributed by atoms with Crippen molar-refractivity contribution in [3.63, 3.8) is 0 Å². The third kappa shape index (κ3) is 5.22. The van der Waals surface area contributed by atoms with E-state index in [9.17, 15) is 19.7 Å². The summed E-state index contributed by atoms with van der Waals surface area (Å²) >= 11 is 6.20. The quantitative estimate of drug-likeness (QED) is 0.356. The number of piperazine rings is 1. The van der Waals surface area contributed by atoms with Crippen LogP contribution in [0.2, 0.25) is 5.02 Å². The first-order chi connectivity index (χ1) is 19.1. The molecule has 2 aromatic carbocycles. The van der Waals surface area contributed by atoms with Crippen molar-refractivity contribution in [2.45, 2.75) is 32.0 Å². The normalized spacial score (nSPS) is 19.0. The summed E-state index contributed by atoms with van der Waals surface area (Å²) < 4.78 is 7.84. The number of nitrogens with zero attached hydrogens (tertiary/aromatic N) is 6. The Morgan fingerprint density at radius 2 is 1.98 bits per heavy atom. The number of nitro benzene ring substituents is 1. The van der Waals surface area contributed by atoms with Gasteiger partial charge in [0.25, 0.3) is 5.69 Å². The fourth-order valence-electron chi connectivity index (χ4n) is 4.91. The molecule has 3 amide bonds. The standard InChI is InChI=1S/C27H28ClN7O5/c1-16(2)40-21-14-19(35(38)39)8-9-20(21)25-31-23(26-30-10-12-32(26)3)24(17-4-6-18(28)7-5-17)34(25)27(37)33-13-11-29-22(36)15-33/h4-10,12,14,16,23-24H,11,13,15H2,1-3H3,(H,29,36)/t23-,24-/m1/s1.